The Morgan fingerprint density at radius 1 is 1.35 bits per heavy atom. The molecule has 0 spiro atoms. The fourth-order valence-electron chi connectivity index (χ4n) is 1.97. The molecule has 0 saturated carbocycles. The number of aromatic nitrogens is 3. The molecule has 1 aliphatic heterocycles. The summed E-state index contributed by atoms with van der Waals surface area (Å²) in [4.78, 5) is 8.04. The van der Waals surface area contributed by atoms with Crippen molar-refractivity contribution in [3.8, 4) is 0 Å². The Morgan fingerprint density at radius 3 is 2.94 bits per heavy atom. The quantitative estimate of drug-likeness (QED) is 0.762. The number of imidazole rings is 1. The first-order valence-corrected chi connectivity index (χ1v) is 5.19. The second kappa shape index (κ2) is 3.43. The molecule has 1 N–H and O–H groups in total. The number of fused-ring (bicyclic) bond motifs is 3. The summed E-state index contributed by atoms with van der Waals surface area (Å²) in [7, 11) is 0. The third-order valence-corrected chi connectivity index (χ3v) is 2.79. The Kier molecular flexibility index (Phi) is 2.12. The molecule has 0 radical (unpaired) electrons. The van der Waals surface area contributed by atoms with Crippen LogP contribution in [0.3, 0.4) is 0 Å². The number of nitrogens with zero attached hydrogens (tertiary/aromatic N) is 3. The lowest BCUT2D eigenvalue weighted by Crippen LogP contribution is -2.28. The summed E-state index contributed by atoms with van der Waals surface area (Å²) in [5.74, 6) is 0.734. The van der Waals surface area contributed by atoms with E-state index in [1.165, 1.54) is 0 Å². The van der Waals surface area contributed by atoms with Crippen molar-refractivity contribution < 1.29 is 13.2 Å². The highest BCUT2D eigenvalue weighted by atomic mass is 19.4. The zero-order valence-corrected chi connectivity index (χ0v) is 8.75. The predicted octanol–water partition coefficient (Wildman–Crippen LogP) is 1.55. The summed E-state index contributed by atoms with van der Waals surface area (Å²) >= 11 is 0. The SMILES string of the molecule is FC(F)(F)c1cnc2c(c1)nc1n2CCNC1. The highest BCUT2D eigenvalue weighted by Gasteiger charge is 2.31. The molecule has 4 nitrogen and oxygen atoms in total. The summed E-state index contributed by atoms with van der Waals surface area (Å²) in [6.45, 7) is 2.03. The van der Waals surface area contributed by atoms with Crippen molar-refractivity contribution in [1.29, 1.82) is 0 Å². The molecule has 0 aromatic carbocycles. The van der Waals surface area contributed by atoms with Crippen molar-refractivity contribution in [2.75, 3.05) is 6.54 Å². The number of halogens is 3. The smallest absolute Gasteiger partial charge is 0.310 e. The number of pyridine rings is 1. The zero-order chi connectivity index (χ0) is 12.0. The molecular weight excluding hydrogens is 233 g/mol. The first-order valence-electron chi connectivity index (χ1n) is 5.19. The molecule has 0 unspecified atom stereocenters. The van der Waals surface area contributed by atoms with Crippen molar-refractivity contribution in [2.45, 2.75) is 19.3 Å². The fraction of sp³-hybridized carbons (Fsp3) is 0.400. The number of nitrogens with one attached hydrogen (secondary N) is 1. The van der Waals surface area contributed by atoms with Crippen LogP contribution in [0.4, 0.5) is 13.2 Å². The van der Waals surface area contributed by atoms with Crippen molar-refractivity contribution in [3.05, 3.63) is 23.7 Å². The van der Waals surface area contributed by atoms with E-state index >= 15 is 0 Å². The molecule has 0 aliphatic carbocycles. The normalized spacial score (nSPS) is 16.2. The van der Waals surface area contributed by atoms with E-state index < -0.39 is 11.7 Å². The molecule has 2 aromatic heterocycles. The van der Waals surface area contributed by atoms with E-state index in [9.17, 15) is 13.2 Å². The van der Waals surface area contributed by atoms with Gasteiger partial charge in [0.1, 0.15) is 11.3 Å². The lowest BCUT2D eigenvalue weighted by Gasteiger charge is -2.14. The maximum absolute atomic E-state index is 12.5. The van der Waals surface area contributed by atoms with Crippen LogP contribution in [0.1, 0.15) is 11.4 Å². The third kappa shape index (κ3) is 1.66. The lowest BCUT2D eigenvalue weighted by atomic mass is 10.2. The van der Waals surface area contributed by atoms with Gasteiger partial charge in [0.15, 0.2) is 5.65 Å². The van der Waals surface area contributed by atoms with Gasteiger partial charge in [0, 0.05) is 19.3 Å². The van der Waals surface area contributed by atoms with E-state index in [2.05, 4.69) is 15.3 Å². The Labute approximate surface area is 94.5 Å². The van der Waals surface area contributed by atoms with Gasteiger partial charge >= 0.3 is 6.18 Å². The number of hydrogen-bond donors (Lipinski definition) is 1. The Bertz CT molecular complexity index is 573. The van der Waals surface area contributed by atoms with Crippen LogP contribution in [0, 0.1) is 0 Å². The molecule has 3 heterocycles. The van der Waals surface area contributed by atoms with Crippen LogP contribution < -0.4 is 5.32 Å². The second-order valence-corrected chi connectivity index (χ2v) is 3.92. The molecule has 1 aliphatic rings. The zero-order valence-electron chi connectivity index (χ0n) is 8.75. The molecule has 0 bridgehead atoms. The van der Waals surface area contributed by atoms with Gasteiger partial charge in [-0.15, -0.1) is 0 Å². The maximum Gasteiger partial charge on any atom is 0.417 e. The van der Waals surface area contributed by atoms with Gasteiger partial charge in [-0.2, -0.15) is 13.2 Å². The van der Waals surface area contributed by atoms with Gasteiger partial charge in [0.2, 0.25) is 0 Å². The molecule has 2 aromatic rings. The minimum absolute atomic E-state index is 0.304. The summed E-state index contributed by atoms with van der Waals surface area (Å²) in [6, 6.07) is 1.05. The minimum Gasteiger partial charge on any atom is -0.310 e. The molecule has 7 heteroatoms. The van der Waals surface area contributed by atoms with E-state index in [4.69, 9.17) is 0 Å². The van der Waals surface area contributed by atoms with E-state index in [1.807, 2.05) is 4.57 Å². The van der Waals surface area contributed by atoms with E-state index in [0.717, 1.165) is 24.6 Å². The van der Waals surface area contributed by atoms with Gasteiger partial charge in [-0.05, 0) is 6.07 Å². The van der Waals surface area contributed by atoms with Gasteiger partial charge in [0.05, 0.1) is 12.1 Å². The van der Waals surface area contributed by atoms with E-state index in [-0.39, 0.29) is 0 Å². The molecule has 3 rings (SSSR count). The standard InChI is InChI=1S/C10H9F3N4/c11-10(12,13)6-3-7-9(15-4-6)17-2-1-14-5-8(17)16-7/h3-4,14H,1-2,5H2. The first-order chi connectivity index (χ1) is 8.05. The van der Waals surface area contributed by atoms with Crippen molar-refractivity contribution in [3.63, 3.8) is 0 Å². The molecule has 0 saturated heterocycles. The summed E-state index contributed by atoms with van der Waals surface area (Å²) in [6.07, 6.45) is -3.51. The van der Waals surface area contributed by atoms with Crippen LogP contribution in [-0.4, -0.2) is 21.1 Å². The summed E-state index contributed by atoms with van der Waals surface area (Å²) in [5.41, 5.74) is 0.0708. The number of alkyl halides is 3. The predicted molar refractivity (Wildman–Crippen MR) is 54.2 cm³/mol. The third-order valence-electron chi connectivity index (χ3n) is 2.79. The van der Waals surface area contributed by atoms with Gasteiger partial charge in [0.25, 0.3) is 0 Å². The Balaban J connectivity index is 2.18. The van der Waals surface area contributed by atoms with Gasteiger partial charge in [-0.3, -0.25) is 0 Å². The molecule has 0 fully saturated rings. The number of hydrogen-bond acceptors (Lipinski definition) is 3. The first kappa shape index (κ1) is 10.5. The summed E-state index contributed by atoms with van der Waals surface area (Å²) in [5, 5.41) is 3.11. The van der Waals surface area contributed by atoms with Gasteiger partial charge < -0.3 is 9.88 Å². The molecular formula is C10H9F3N4. The van der Waals surface area contributed by atoms with Gasteiger partial charge in [-0.25, -0.2) is 9.97 Å². The van der Waals surface area contributed by atoms with Crippen LogP contribution in [-0.2, 0) is 19.3 Å². The Hall–Kier alpha value is -1.63. The average Bonchev–Trinajstić information content (AvgIpc) is 2.65. The molecule has 0 atom stereocenters. The van der Waals surface area contributed by atoms with Crippen molar-refractivity contribution in [2.24, 2.45) is 0 Å². The maximum atomic E-state index is 12.5. The number of rotatable bonds is 0. The highest BCUT2D eigenvalue weighted by molar-refractivity contribution is 5.72. The van der Waals surface area contributed by atoms with Crippen LogP contribution >= 0.6 is 0 Å². The van der Waals surface area contributed by atoms with E-state index in [1.54, 1.807) is 0 Å². The largest absolute Gasteiger partial charge is 0.417 e. The van der Waals surface area contributed by atoms with Crippen LogP contribution in [0.2, 0.25) is 0 Å². The Morgan fingerprint density at radius 2 is 2.18 bits per heavy atom. The monoisotopic (exact) mass is 242 g/mol. The van der Waals surface area contributed by atoms with Gasteiger partial charge in [-0.1, -0.05) is 0 Å². The lowest BCUT2D eigenvalue weighted by molar-refractivity contribution is -0.137. The minimum atomic E-state index is -4.37. The molecule has 0 amide bonds. The highest BCUT2D eigenvalue weighted by Crippen LogP contribution is 2.30. The van der Waals surface area contributed by atoms with E-state index in [0.29, 0.717) is 24.3 Å². The van der Waals surface area contributed by atoms with Crippen LogP contribution in [0.5, 0.6) is 0 Å². The topological polar surface area (TPSA) is 42.7 Å². The fourth-order valence-corrected chi connectivity index (χ4v) is 1.97. The van der Waals surface area contributed by atoms with Crippen LogP contribution in [0.15, 0.2) is 12.3 Å². The summed E-state index contributed by atoms with van der Waals surface area (Å²) < 4.78 is 39.4. The van der Waals surface area contributed by atoms with Crippen LogP contribution in [0.25, 0.3) is 11.2 Å². The molecule has 17 heavy (non-hydrogen) atoms. The second-order valence-electron chi connectivity index (χ2n) is 3.92. The average molecular weight is 242 g/mol. The van der Waals surface area contributed by atoms with Crippen molar-refractivity contribution in [1.82, 2.24) is 19.9 Å². The molecule has 90 valence electrons. The van der Waals surface area contributed by atoms with Crippen molar-refractivity contribution >= 4 is 11.2 Å².